The van der Waals surface area contributed by atoms with E-state index >= 15 is 0 Å². The van der Waals surface area contributed by atoms with E-state index in [-0.39, 0.29) is 0 Å². The normalized spacial score (nSPS) is 13.4. The van der Waals surface area contributed by atoms with Crippen molar-refractivity contribution in [1.82, 2.24) is 9.55 Å². The van der Waals surface area contributed by atoms with Gasteiger partial charge in [-0.15, -0.1) is 0 Å². The maximum atomic E-state index is 5.61. The zero-order valence-corrected chi connectivity index (χ0v) is 12.9. The van der Waals surface area contributed by atoms with Crippen molar-refractivity contribution in [2.75, 3.05) is 6.61 Å². The van der Waals surface area contributed by atoms with Crippen molar-refractivity contribution in [1.29, 1.82) is 0 Å². The Kier molecular flexibility index (Phi) is 2.54. The number of fused-ring (bicyclic) bond motifs is 4. The van der Waals surface area contributed by atoms with E-state index in [1.165, 1.54) is 38.5 Å². The van der Waals surface area contributed by atoms with Crippen LogP contribution in [0.5, 0.6) is 5.75 Å². The van der Waals surface area contributed by atoms with Crippen LogP contribution in [0.4, 0.5) is 0 Å². The fourth-order valence-corrected chi connectivity index (χ4v) is 3.60. The lowest BCUT2D eigenvalue weighted by atomic mass is 10.00. The van der Waals surface area contributed by atoms with Crippen molar-refractivity contribution >= 4 is 21.8 Å². The van der Waals surface area contributed by atoms with E-state index in [0.717, 1.165) is 18.8 Å². The number of aryl methyl sites for hydroxylation is 1. The molecule has 2 aromatic heterocycles. The predicted molar refractivity (Wildman–Crippen MR) is 92.9 cm³/mol. The number of rotatable bonds is 1. The standard InChI is InChI=1S/C20H16N2O/c1-22-18-4-2-14(11-17(18)16-6-8-21-12-19(16)22)13-3-5-20-15(10-13)7-9-23-20/h2-6,8,10-12H,7,9H2,1H3. The van der Waals surface area contributed by atoms with Crippen molar-refractivity contribution in [2.45, 2.75) is 6.42 Å². The van der Waals surface area contributed by atoms with E-state index in [1.807, 2.05) is 12.4 Å². The van der Waals surface area contributed by atoms with Crippen molar-refractivity contribution in [3.8, 4) is 16.9 Å². The monoisotopic (exact) mass is 300 g/mol. The van der Waals surface area contributed by atoms with Crippen molar-refractivity contribution in [2.24, 2.45) is 7.05 Å². The lowest BCUT2D eigenvalue weighted by molar-refractivity contribution is 0.357. The third kappa shape index (κ3) is 1.80. The van der Waals surface area contributed by atoms with Crippen LogP contribution in [0.25, 0.3) is 32.9 Å². The second-order valence-corrected chi connectivity index (χ2v) is 6.10. The van der Waals surface area contributed by atoms with Gasteiger partial charge in [0, 0.05) is 36.0 Å². The maximum absolute atomic E-state index is 5.61. The number of nitrogens with zero attached hydrogens (tertiary/aromatic N) is 2. The minimum Gasteiger partial charge on any atom is -0.493 e. The first-order chi connectivity index (χ1) is 11.3. The molecule has 0 atom stereocenters. The number of aromatic nitrogens is 2. The molecule has 0 N–H and O–H groups in total. The van der Waals surface area contributed by atoms with Crippen LogP contribution in [-0.2, 0) is 13.5 Å². The Balaban J connectivity index is 1.75. The third-order valence-corrected chi connectivity index (χ3v) is 4.83. The quantitative estimate of drug-likeness (QED) is 0.523. The largest absolute Gasteiger partial charge is 0.493 e. The van der Waals surface area contributed by atoms with Gasteiger partial charge in [-0.25, -0.2) is 0 Å². The van der Waals surface area contributed by atoms with Crippen LogP contribution < -0.4 is 4.74 Å². The molecule has 0 saturated heterocycles. The topological polar surface area (TPSA) is 27.1 Å². The average Bonchev–Trinajstić information content (AvgIpc) is 3.18. The fourth-order valence-electron chi connectivity index (χ4n) is 3.60. The Morgan fingerprint density at radius 2 is 1.83 bits per heavy atom. The molecule has 1 aliphatic heterocycles. The first-order valence-corrected chi connectivity index (χ1v) is 7.89. The molecule has 3 heteroatoms. The van der Waals surface area contributed by atoms with E-state index in [1.54, 1.807) is 0 Å². The Labute approximate surface area is 134 Å². The Hall–Kier alpha value is -2.81. The van der Waals surface area contributed by atoms with Gasteiger partial charge in [0.2, 0.25) is 0 Å². The van der Waals surface area contributed by atoms with Crippen LogP contribution in [-0.4, -0.2) is 16.2 Å². The summed E-state index contributed by atoms with van der Waals surface area (Å²) in [7, 11) is 2.10. The summed E-state index contributed by atoms with van der Waals surface area (Å²) in [6.07, 6.45) is 4.80. The van der Waals surface area contributed by atoms with Gasteiger partial charge in [0.15, 0.2) is 0 Å². The molecule has 1 aliphatic rings. The summed E-state index contributed by atoms with van der Waals surface area (Å²) < 4.78 is 7.82. The highest BCUT2D eigenvalue weighted by atomic mass is 16.5. The SMILES string of the molecule is Cn1c2ccc(-c3ccc4c(c3)CCO4)cc2c2ccncc21. The number of pyridine rings is 1. The van der Waals surface area contributed by atoms with Crippen LogP contribution in [0.2, 0.25) is 0 Å². The highest BCUT2D eigenvalue weighted by molar-refractivity contribution is 6.08. The second-order valence-electron chi connectivity index (χ2n) is 6.10. The van der Waals surface area contributed by atoms with E-state index in [0.29, 0.717) is 0 Å². The first kappa shape index (κ1) is 12.7. The zero-order valence-electron chi connectivity index (χ0n) is 12.9. The summed E-state index contributed by atoms with van der Waals surface area (Å²) in [6.45, 7) is 0.800. The van der Waals surface area contributed by atoms with Gasteiger partial charge >= 0.3 is 0 Å². The maximum Gasteiger partial charge on any atom is 0.122 e. The fraction of sp³-hybridized carbons (Fsp3) is 0.150. The molecule has 0 amide bonds. The van der Waals surface area contributed by atoms with Crippen LogP contribution in [0.1, 0.15) is 5.56 Å². The second kappa shape index (κ2) is 4.59. The lowest BCUT2D eigenvalue weighted by Gasteiger charge is -2.05. The van der Waals surface area contributed by atoms with Gasteiger partial charge in [0.25, 0.3) is 0 Å². The molecule has 4 aromatic rings. The molecule has 3 nitrogen and oxygen atoms in total. The summed E-state index contributed by atoms with van der Waals surface area (Å²) in [4.78, 5) is 4.25. The molecule has 0 fully saturated rings. The molecule has 0 saturated carbocycles. The zero-order chi connectivity index (χ0) is 15.4. The average molecular weight is 300 g/mol. The molecule has 3 heterocycles. The third-order valence-electron chi connectivity index (χ3n) is 4.83. The molecule has 0 radical (unpaired) electrons. The van der Waals surface area contributed by atoms with Gasteiger partial charge in [0.05, 0.1) is 18.3 Å². The van der Waals surface area contributed by atoms with Gasteiger partial charge in [-0.3, -0.25) is 4.98 Å². The van der Waals surface area contributed by atoms with Gasteiger partial charge in [0.1, 0.15) is 5.75 Å². The van der Waals surface area contributed by atoms with Crippen LogP contribution in [0.3, 0.4) is 0 Å². The molecule has 5 rings (SSSR count). The molecule has 2 aromatic carbocycles. The Morgan fingerprint density at radius 3 is 2.78 bits per heavy atom. The highest BCUT2D eigenvalue weighted by Gasteiger charge is 2.14. The van der Waals surface area contributed by atoms with Crippen molar-refractivity contribution in [3.05, 3.63) is 60.4 Å². The molecule has 23 heavy (non-hydrogen) atoms. The van der Waals surface area contributed by atoms with Gasteiger partial charge < -0.3 is 9.30 Å². The summed E-state index contributed by atoms with van der Waals surface area (Å²) >= 11 is 0. The van der Waals surface area contributed by atoms with Gasteiger partial charge in [-0.05, 0) is 47.0 Å². The van der Waals surface area contributed by atoms with E-state index in [2.05, 4.69) is 59.1 Å². The van der Waals surface area contributed by atoms with Crippen LogP contribution in [0.15, 0.2) is 54.9 Å². The summed E-state index contributed by atoms with van der Waals surface area (Å²) in [6, 6.07) is 15.3. The number of hydrogen-bond acceptors (Lipinski definition) is 2. The molecule has 0 aliphatic carbocycles. The molecule has 0 bridgehead atoms. The highest BCUT2D eigenvalue weighted by Crippen LogP contribution is 2.34. The summed E-state index contributed by atoms with van der Waals surface area (Å²) in [5.74, 6) is 1.03. The van der Waals surface area contributed by atoms with E-state index in [9.17, 15) is 0 Å². The molecular weight excluding hydrogens is 284 g/mol. The number of benzene rings is 2. The predicted octanol–water partition coefficient (Wildman–Crippen LogP) is 4.33. The lowest BCUT2D eigenvalue weighted by Crippen LogP contribution is -1.87. The molecular formula is C20H16N2O. The minimum atomic E-state index is 0.800. The summed E-state index contributed by atoms with van der Waals surface area (Å²) in [5, 5.41) is 2.53. The van der Waals surface area contributed by atoms with Crippen LogP contribution >= 0.6 is 0 Å². The van der Waals surface area contributed by atoms with Gasteiger partial charge in [-0.2, -0.15) is 0 Å². The van der Waals surface area contributed by atoms with Gasteiger partial charge in [-0.1, -0.05) is 12.1 Å². The summed E-state index contributed by atoms with van der Waals surface area (Å²) in [5.41, 5.74) is 6.21. The number of ether oxygens (including phenoxy) is 1. The smallest absolute Gasteiger partial charge is 0.122 e. The Morgan fingerprint density at radius 1 is 0.957 bits per heavy atom. The number of hydrogen-bond donors (Lipinski definition) is 0. The molecule has 0 spiro atoms. The first-order valence-electron chi connectivity index (χ1n) is 7.89. The Bertz CT molecular complexity index is 1060. The molecule has 0 unspecified atom stereocenters. The van der Waals surface area contributed by atoms with E-state index in [4.69, 9.17) is 4.74 Å². The minimum absolute atomic E-state index is 0.800. The van der Waals surface area contributed by atoms with E-state index < -0.39 is 0 Å². The van der Waals surface area contributed by atoms with Crippen molar-refractivity contribution in [3.63, 3.8) is 0 Å². The van der Waals surface area contributed by atoms with Crippen LogP contribution in [0, 0.1) is 0 Å². The van der Waals surface area contributed by atoms with Crippen molar-refractivity contribution < 1.29 is 4.74 Å². The molecule has 112 valence electrons.